The third kappa shape index (κ3) is 1.23. The molecule has 3 unspecified atom stereocenters. The van der Waals surface area contributed by atoms with Gasteiger partial charge in [0.05, 0.1) is 0 Å². The molecule has 2 aliphatic rings. The molecule has 0 spiro atoms. The van der Waals surface area contributed by atoms with Gasteiger partial charge in [-0.1, -0.05) is 0 Å². The lowest BCUT2D eigenvalue weighted by Gasteiger charge is -2.34. The van der Waals surface area contributed by atoms with Gasteiger partial charge in [0.15, 0.2) is 5.78 Å². The van der Waals surface area contributed by atoms with E-state index in [-0.39, 0.29) is 11.4 Å². The molecule has 0 heterocycles. The highest BCUT2D eigenvalue weighted by atomic mass is 16.5. The van der Waals surface area contributed by atoms with Gasteiger partial charge in [0, 0.05) is 6.61 Å². The van der Waals surface area contributed by atoms with Crippen molar-refractivity contribution in [2.75, 3.05) is 6.61 Å². The number of hydrogen-bond acceptors (Lipinski definition) is 2. The van der Waals surface area contributed by atoms with E-state index in [0.29, 0.717) is 12.5 Å². The lowest BCUT2D eigenvalue weighted by Crippen LogP contribution is -2.45. The molecule has 0 aromatic heterocycles. The Morgan fingerprint density at radius 2 is 2.31 bits per heavy atom. The summed E-state index contributed by atoms with van der Waals surface area (Å²) in [5.74, 6) is 1.54. The lowest BCUT2D eigenvalue weighted by molar-refractivity contribution is -0.149. The summed E-state index contributed by atoms with van der Waals surface area (Å²) in [6, 6.07) is 0. The number of hydrogen-bond donors (Lipinski definition) is 0. The van der Waals surface area contributed by atoms with Crippen LogP contribution in [-0.4, -0.2) is 18.0 Å². The Hall–Kier alpha value is -0.370. The summed E-state index contributed by atoms with van der Waals surface area (Å²) < 4.78 is 5.74. The number of carbonyl (C=O) groups is 1. The summed E-state index contributed by atoms with van der Waals surface area (Å²) in [6.07, 6.45) is 4.72. The van der Waals surface area contributed by atoms with Crippen molar-refractivity contribution in [1.82, 2.24) is 0 Å². The van der Waals surface area contributed by atoms with Gasteiger partial charge in [-0.05, 0) is 51.4 Å². The molecule has 2 nitrogen and oxygen atoms in total. The largest absolute Gasteiger partial charge is 0.367 e. The Balaban J connectivity index is 2.20. The van der Waals surface area contributed by atoms with Crippen LogP contribution in [0.3, 0.4) is 0 Å². The fourth-order valence-corrected chi connectivity index (χ4v) is 3.25. The molecule has 0 N–H and O–H groups in total. The van der Waals surface area contributed by atoms with Gasteiger partial charge >= 0.3 is 0 Å². The molecule has 2 rings (SSSR count). The van der Waals surface area contributed by atoms with Crippen LogP contribution in [0.4, 0.5) is 0 Å². The van der Waals surface area contributed by atoms with Gasteiger partial charge in [-0.2, -0.15) is 0 Å². The molecule has 0 saturated heterocycles. The normalized spacial score (nSPS) is 42.6. The second-order valence-corrected chi connectivity index (χ2v) is 4.46. The summed E-state index contributed by atoms with van der Waals surface area (Å²) in [5.41, 5.74) is -0.377. The lowest BCUT2D eigenvalue weighted by atomic mass is 9.81. The average Bonchev–Trinajstić information content (AvgIpc) is 2.64. The Morgan fingerprint density at radius 1 is 1.54 bits per heavy atom. The number of rotatable bonds is 3. The van der Waals surface area contributed by atoms with Crippen LogP contribution in [0.5, 0.6) is 0 Å². The Bertz CT molecular complexity index is 224. The minimum absolute atomic E-state index is 0.251. The predicted octanol–water partition coefficient (Wildman–Crippen LogP) is 2.17. The minimum atomic E-state index is -0.377. The molecule has 0 aromatic carbocycles. The highest BCUT2D eigenvalue weighted by Crippen LogP contribution is 2.52. The summed E-state index contributed by atoms with van der Waals surface area (Å²) in [7, 11) is 0. The van der Waals surface area contributed by atoms with Crippen molar-refractivity contribution in [3.8, 4) is 0 Å². The zero-order valence-electron chi connectivity index (χ0n) is 8.51. The van der Waals surface area contributed by atoms with Gasteiger partial charge in [-0.3, -0.25) is 4.79 Å². The van der Waals surface area contributed by atoms with Crippen LogP contribution in [0.25, 0.3) is 0 Å². The minimum Gasteiger partial charge on any atom is -0.367 e. The molecule has 74 valence electrons. The number of Topliss-reactive ketones (excluding diaryl/α,β-unsaturated/α-hetero) is 1. The van der Waals surface area contributed by atoms with Crippen LogP contribution in [0.2, 0.25) is 0 Å². The van der Waals surface area contributed by atoms with Gasteiger partial charge in [0.2, 0.25) is 0 Å². The first-order valence-corrected chi connectivity index (χ1v) is 5.34. The quantitative estimate of drug-likeness (QED) is 0.668. The second kappa shape index (κ2) is 3.09. The summed E-state index contributed by atoms with van der Waals surface area (Å²) >= 11 is 0. The third-order valence-electron chi connectivity index (χ3n) is 3.79. The molecule has 0 radical (unpaired) electrons. The maximum Gasteiger partial charge on any atom is 0.161 e. The first kappa shape index (κ1) is 9.20. The van der Waals surface area contributed by atoms with E-state index >= 15 is 0 Å². The molecule has 13 heavy (non-hydrogen) atoms. The molecular formula is C11H18O2. The first-order chi connectivity index (χ1) is 6.19. The zero-order valence-corrected chi connectivity index (χ0v) is 8.51. The molecule has 3 atom stereocenters. The Kier molecular flexibility index (Phi) is 2.18. The molecule has 2 saturated carbocycles. The van der Waals surface area contributed by atoms with Crippen LogP contribution in [-0.2, 0) is 9.53 Å². The summed E-state index contributed by atoms with van der Waals surface area (Å²) in [5, 5.41) is 0. The van der Waals surface area contributed by atoms with Gasteiger partial charge in [-0.15, -0.1) is 0 Å². The smallest absolute Gasteiger partial charge is 0.161 e. The van der Waals surface area contributed by atoms with Crippen molar-refractivity contribution in [3.05, 3.63) is 0 Å². The van der Waals surface area contributed by atoms with E-state index in [9.17, 15) is 4.79 Å². The Morgan fingerprint density at radius 3 is 2.69 bits per heavy atom. The van der Waals surface area contributed by atoms with Crippen molar-refractivity contribution in [1.29, 1.82) is 0 Å². The molecule has 2 fully saturated rings. The molecule has 0 aromatic rings. The number of fused-ring (bicyclic) bond motifs is 2. The summed E-state index contributed by atoms with van der Waals surface area (Å²) in [6.45, 7) is 4.34. The molecule has 2 heteroatoms. The Labute approximate surface area is 79.7 Å². The summed E-state index contributed by atoms with van der Waals surface area (Å²) in [4.78, 5) is 11.6. The molecule has 2 aliphatic carbocycles. The van der Waals surface area contributed by atoms with Crippen molar-refractivity contribution in [3.63, 3.8) is 0 Å². The van der Waals surface area contributed by atoms with E-state index in [1.54, 1.807) is 6.92 Å². The van der Waals surface area contributed by atoms with Crippen LogP contribution in [0.15, 0.2) is 0 Å². The average molecular weight is 182 g/mol. The monoisotopic (exact) mass is 182 g/mol. The van der Waals surface area contributed by atoms with Crippen molar-refractivity contribution in [2.24, 2.45) is 11.8 Å². The van der Waals surface area contributed by atoms with Crippen molar-refractivity contribution in [2.45, 2.75) is 45.1 Å². The van der Waals surface area contributed by atoms with E-state index in [1.165, 1.54) is 19.3 Å². The number of ketones is 1. The van der Waals surface area contributed by atoms with E-state index in [0.717, 1.165) is 12.3 Å². The van der Waals surface area contributed by atoms with Crippen molar-refractivity contribution < 1.29 is 9.53 Å². The maximum atomic E-state index is 11.6. The third-order valence-corrected chi connectivity index (χ3v) is 3.79. The molecule has 0 aliphatic heterocycles. The van der Waals surface area contributed by atoms with Crippen LogP contribution in [0, 0.1) is 11.8 Å². The van der Waals surface area contributed by atoms with E-state index in [4.69, 9.17) is 4.74 Å². The van der Waals surface area contributed by atoms with Crippen LogP contribution >= 0.6 is 0 Å². The highest BCUT2D eigenvalue weighted by Gasteiger charge is 2.54. The first-order valence-electron chi connectivity index (χ1n) is 5.34. The van der Waals surface area contributed by atoms with E-state index < -0.39 is 0 Å². The predicted molar refractivity (Wildman–Crippen MR) is 50.5 cm³/mol. The van der Waals surface area contributed by atoms with Crippen LogP contribution in [0.1, 0.15) is 39.5 Å². The fraction of sp³-hybridized carbons (Fsp3) is 0.909. The topological polar surface area (TPSA) is 26.3 Å². The van der Waals surface area contributed by atoms with Crippen LogP contribution < -0.4 is 0 Å². The van der Waals surface area contributed by atoms with E-state index in [2.05, 4.69) is 0 Å². The van der Waals surface area contributed by atoms with E-state index in [1.807, 2.05) is 6.92 Å². The van der Waals surface area contributed by atoms with Gasteiger partial charge in [-0.25, -0.2) is 0 Å². The van der Waals surface area contributed by atoms with Gasteiger partial charge in [0.25, 0.3) is 0 Å². The number of carbonyl (C=O) groups excluding carboxylic acids is 1. The standard InChI is InChI=1S/C11H18O2/c1-3-13-11(8(2)12)7-9-4-5-10(11)6-9/h9-10H,3-7H2,1-2H3. The SMILES string of the molecule is CCOC1(C(C)=O)CC2CCC1C2. The second-order valence-electron chi connectivity index (χ2n) is 4.46. The number of ether oxygens (including phenoxy) is 1. The molecular weight excluding hydrogens is 164 g/mol. The highest BCUT2D eigenvalue weighted by molar-refractivity contribution is 5.86. The van der Waals surface area contributed by atoms with Crippen molar-refractivity contribution >= 4 is 5.78 Å². The maximum absolute atomic E-state index is 11.6. The fourth-order valence-electron chi connectivity index (χ4n) is 3.25. The van der Waals surface area contributed by atoms with Gasteiger partial charge < -0.3 is 4.74 Å². The molecule has 0 amide bonds. The molecule has 2 bridgehead atoms. The van der Waals surface area contributed by atoms with Gasteiger partial charge in [0.1, 0.15) is 5.60 Å². The zero-order chi connectivity index (χ0) is 9.47.